The summed E-state index contributed by atoms with van der Waals surface area (Å²) in [5.74, 6) is 0.234. The third-order valence-corrected chi connectivity index (χ3v) is 2.01. The van der Waals surface area contributed by atoms with Crippen LogP contribution in [0, 0.1) is 0 Å². The van der Waals surface area contributed by atoms with Gasteiger partial charge in [0.1, 0.15) is 0 Å². The first-order valence-electron chi connectivity index (χ1n) is 5.05. The molecule has 18 heavy (non-hydrogen) atoms. The van der Waals surface area contributed by atoms with E-state index < -0.39 is 0 Å². The van der Waals surface area contributed by atoms with Crippen molar-refractivity contribution in [1.29, 1.82) is 0 Å². The molecule has 1 aromatic rings. The number of hydrogen-bond acceptors (Lipinski definition) is 6. The first kappa shape index (κ1) is 14.7. The highest BCUT2D eigenvalue weighted by Crippen LogP contribution is 2.08. The summed E-state index contributed by atoms with van der Waals surface area (Å²) in [5, 5.41) is 16.3. The topological polar surface area (TPSA) is 112 Å². The van der Waals surface area contributed by atoms with Crippen molar-refractivity contribution in [3.8, 4) is 0 Å². The van der Waals surface area contributed by atoms with Crippen molar-refractivity contribution in [2.75, 3.05) is 31.6 Å². The van der Waals surface area contributed by atoms with Gasteiger partial charge in [0.25, 0.3) is 0 Å². The predicted octanol–water partition coefficient (Wildman–Crippen LogP) is -0.118. The lowest BCUT2D eigenvalue weighted by Gasteiger charge is -2.07. The van der Waals surface area contributed by atoms with Crippen LogP contribution in [-0.4, -0.2) is 52.3 Å². The smallest absolute Gasteiger partial charge is 0.314 e. The molecule has 0 bridgehead atoms. The summed E-state index contributed by atoms with van der Waals surface area (Å²) in [7, 11) is 0. The molecule has 2 amide bonds. The van der Waals surface area contributed by atoms with Crippen LogP contribution >= 0.6 is 23.2 Å². The number of carbonyl (C=O) groups is 1. The van der Waals surface area contributed by atoms with Gasteiger partial charge in [-0.1, -0.05) is 0 Å². The average Bonchev–Trinajstić information content (AvgIpc) is 2.31. The summed E-state index contributed by atoms with van der Waals surface area (Å²) in [5.41, 5.74) is 0. The zero-order valence-corrected chi connectivity index (χ0v) is 10.8. The van der Waals surface area contributed by atoms with Gasteiger partial charge in [0.2, 0.25) is 16.5 Å². The standard InChI is InChI=1S/C8H12Cl2N6O2/c9-5-14-6(10)16-7(15-5)11-1-2-12-8(18)13-3-4-17/h17H,1-4H2,(H2,12,13,18)(H,11,14,15,16). The number of aliphatic hydroxyl groups excluding tert-OH is 1. The minimum atomic E-state index is -0.363. The van der Waals surface area contributed by atoms with Gasteiger partial charge in [-0.25, -0.2) is 4.79 Å². The van der Waals surface area contributed by atoms with Crippen molar-refractivity contribution in [2.24, 2.45) is 0 Å². The van der Waals surface area contributed by atoms with Gasteiger partial charge in [-0.3, -0.25) is 0 Å². The van der Waals surface area contributed by atoms with E-state index in [0.717, 1.165) is 0 Å². The quantitative estimate of drug-likeness (QED) is 0.544. The van der Waals surface area contributed by atoms with Crippen LogP contribution in [0.1, 0.15) is 0 Å². The van der Waals surface area contributed by atoms with Crippen molar-refractivity contribution in [2.45, 2.75) is 0 Å². The van der Waals surface area contributed by atoms with Gasteiger partial charge in [0.15, 0.2) is 0 Å². The van der Waals surface area contributed by atoms with E-state index in [1.165, 1.54) is 0 Å². The number of halogens is 2. The van der Waals surface area contributed by atoms with Crippen LogP contribution in [0.3, 0.4) is 0 Å². The fraction of sp³-hybridized carbons (Fsp3) is 0.500. The van der Waals surface area contributed by atoms with E-state index in [0.29, 0.717) is 13.1 Å². The molecule has 8 nitrogen and oxygen atoms in total. The normalized spacial score (nSPS) is 9.94. The van der Waals surface area contributed by atoms with Crippen molar-refractivity contribution in [3.05, 3.63) is 10.6 Å². The fourth-order valence-corrected chi connectivity index (χ4v) is 1.35. The Morgan fingerprint density at radius 1 is 1.06 bits per heavy atom. The highest BCUT2D eigenvalue weighted by atomic mass is 35.5. The van der Waals surface area contributed by atoms with Crippen LogP contribution in [0.2, 0.25) is 10.6 Å². The summed E-state index contributed by atoms with van der Waals surface area (Å²) in [4.78, 5) is 22.2. The Labute approximate surface area is 113 Å². The first-order chi connectivity index (χ1) is 8.61. The van der Waals surface area contributed by atoms with Crippen LogP contribution in [0.25, 0.3) is 0 Å². The molecule has 0 saturated heterocycles. The molecule has 1 heterocycles. The van der Waals surface area contributed by atoms with E-state index in [1.807, 2.05) is 0 Å². The molecule has 1 aromatic heterocycles. The van der Waals surface area contributed by atoms with Crippen molar-refractivity contribution < 1.29 is 9.90 Å². The van der Waals surface area contributed by atoms with Crippen molar-refractivity contribution in [3.63, 3.8) is 0 Å². The summed E-state index contributed by atoms with van der Waals surface area (Å²) >= 11 is 11.2. The minimum absolute atomic E-state index is 0.00820. The summed E-state index contributed by atoms with van der Waals surface area (Å²) in [6, 6.07) is -0.363. The molecule has 10 heteroatoms. The van der Waals surface area contributed by atoms with E-state index in [-0.39, 0.29) is 35.7 Å². The molecular weight excluding hydrogens is 283 g/mol. The van der Waals surface area contributed by atoms with Crippen LogP contribution in [0.15, 0.2) is 0 Å². The molecule has 0 aromatic carbocycles. The molecular formula is C8H12Cl2N6O2. The largest absolute Gasteiger partial charge is 0.395 e. The SMILES string of the molecule is O=C(NCCO)NCCNc1nc(Cl)nc(Cl)n1. The number of aromatic nitrogens is 3. The van der Waals surface area contributed by atoms with Gasteiger partial charge in [-0.2, -0.15) is 15.0 Å². The Hall–Kier alpha value is -1.38. The van der Waals surface area contributed by atoms with Gasteiger partial charge in [-0.15, -0.1) is 0 Å². The summed E-state index contributed by atoms with van der Waals surface area (Å²) in [6.07, 6.45) is 0. The van der Waals surface area contributed by atoms with E-state index >= 15 is 0 Å². The summed E-state index contributed by atoms with van der Waals surface area (Å²) < 4.78 is 0. The second-order valence-electron chi connectivity index (χ2n) is 3.03. The number of nitrogens with one attached hydrogen (secondary N) is 3. The Morgan fingerprint density at radius 2 is 1.67 bits per heavy atom. The maximum absolute atomic E-state index is 11.1. The third kappa shape index (κ3) is 5.80. The second-order valence-corrected chi connectivity index (χ2v) is 3.71. The number of hydrogen-bond donors (Lipinski definition) is 4. The maximum Gasteiger partial charge on any atom is 0.314 e. The van der Waals surface area contributed by atoms with Gasteiger partial charge < -0.3 is 21.1 Å². The first-order valence-corrected chi connectivity index (χ1v) is 5.81. The molecule has 0 fully saturated rings. The molecule has 0 radical (unpaired) electrons. The molecule has 0 saturated carbocycles. The Bertz CT molecular complexity index is 385. The second kappa shape index (κ2) is 7.85. The maximum atomic E-state index is 11.1. The lowest BCUT2D eigenvalue weighted by molar-refractivity contribution is 0.234. The zero-order chi connectivity index (χ0) is 13.4. The van der Waals surface area contributed by atoms with Gasteiger partial charge in [-0.05, 0) is 23.2 Å². The fourth-order valence-electron chi connectivity index (χ4n) is 0.987. The number of rotatable bonds is 6. The number of aliphatic hydroxyl groups is 1. The third-order valence-electron chi connectivity index (χ3n) is 1.67. The highest BCUT2D eigenvalue weighted by Gasteiger charge is 2.02. The number of carbonyl (C=O) groups excluding carboxylic acids is 1. The minimum Gasteiger partial charge on any atom is -0.395 e. The summed E-state index contributed by atoms with van der Waals surface area (Å²) in [6.45, 7) is 0.840. The number of amides is 2. The van der Waals surface area contributed by atoms with Crippen LogP contribution in [0.4, 0.5) is 10.7 Å². The molecule has 1 rings (SSSR count). The van der Waals surface area contributed by atoms with E-state index in [2.05, 4.69) is 30.9 Å². The zero-order valence-electron chi connectivity index (χ0n) is 9.28. The van der Waals surface area contributed by atoms with E-state index in [1.54, 1.807) is 0 Å². The number of nitrogens with zero attached hydrogens (tertiary/aromatic N) is 3. The van der Waals surface area contributed by atoms with Gasteiger partial charge in [0.05, 0.1) is 6.61 Å². The lowest BCUT2D eigenvalue weighted by Crippen LogP contribution is -2.39. The number of anilines is 1. The predicted molar refractivity (Wildman–Crippen MR) is 66.8 cm³/mol. The van der Waals surface area contributed by atoms with Gasteiger partial charge in [0, 0.05) is 19.6 Å². The average molecular weight is 295 g/mol. The molecule has 0 aliphatic carbocycles. The van der Waals surface area contributed by atoms with Crippen molar-refractivity contribution in [1.82, 2.24) is 25.6 Å². The van der Waals surface area contributed by atoms with Crippen LogP contribution in [-0.2, 0) is 0 Å². The van der Waals surface area contributed by atoms with E-state index in [4.69, 9.17) is 28.3 Å². The van der Waals surface area contributed by atoms with E-state index in [9.17, 15) is 4.79 Å². The Balaban J connectivity index is 2.23. The molecule has 100 valence electrons. The molecule has 0 unspecified atom stereocenters. The highest BCUT2D eigenvalue weighted by molar-refractivity contribution is 6.31. The Morgan fingerprint density at radius 3 is 2.28 bits per heavy atom. The van der Waals surface area contributed by atoms with Crippen LogP contribution < -0.4 is 16.0 Å². The number of urea groups is 1. The lowest BCUT2D eigenvalue weighted by atomic mass is 10.6. The van der Waals surface area contributed by atoms with Crippen molar-refractivity contribution >= 4 is 35.2 Å². The molecule has 0 spiro atoms. The molecule has 0 atom stereocenters. The van der Waals surface area contributed by atoms with Gasteiger partial charge >= 0.3 is 6.03 Å². The molecule has 0 aliphatic heterocycles. The molecule has 0 aliphatic rings. The Kier molecular flexibility index (Phi) is 6.40. The van der Waals surface area contributed by atoms with Crippen LogP contribution in [0.5, 0.6) is 0 Å². The molecule has 4 N–H and O–H groups in total. The monoisotopic (exact) mass is 294 g/mol.